The maximum absolute atomic E-state index is 5.46. The number of aromatic nitrogens is 2. The van der Waals surface area contributed by atoms with Crippen LogP contribution < -0.4 is 18.9 Å². The van der Waals surface area contributed by atoms with Gasteiger partial charge in [-0.25, -0.2) is 9.97 Å². The maximum atomic E-state index is 5.46. The molecule has 6 nitrogen and oxygen atoms in total. The van der Waals surface area contributed by atoms with Gasteiger partial charge in [0.05, 0.1) is 25.6 Å². The topological polar surface area (TPSA) is 62.7 Å². The molecule has 8 heteroatoms. The van der Waals surface area contributed by atoms with Crippen molar-refractivity contribution in [3.63, 3.8) is 0 Å². The van der Waals surface area contributed by atoms with Crippen LogP contribution >= 0.6 is 22.7 Å². The van der Waals surface area contributed by atoms with Gasteiger partial charge >= 0.3 is 0 Å². The van der Waals surface area contributed by atoms with E-state index in [4.69, 9.17) is 28.9 Å². The van der Waals surface area contributed by atoms with Crippen molar-refractivity contribution < 1.29 is 18.9 Å². The molecule has 0 aliphatic carbocycles. The summed E-state index contributed by atoms with van der Waals surface area (Å²) in [4.78, 5) is 9.54. The summed E-state index contributed by atoms with van der Waals surface area (Å²) < 4.78 is 21.5. The number of thiazole rings is 2. The molecule has 0 atom stereocenters. The van der Waals surface area contributed by atoms with E-state index in [0.29, 0.717) is 11.5 Å². The third kappa shape index (κ3) is 3.30. The summed E-state index contributed by atoms with van der Waals surface area (Å²) in [7, 11) is 3.25. The monoisotopic (exact) mass is 424 g/mol. The van der Waals surface area contributed by atoms with E-state index in [1.807, 2.05) is 47.2 Å². The molecule has 0 bridgehead atoms. The highest BCUT2D eigenvalue weighted by Gasteiger charge is 2.17. The Morgan fingerprint density at radius 3 is 2.07 bits per heavy atom. The van der Waals surface area contributed by atoms with Crippen molar-refractivity contribution in [2.75, 3.05) is 21.0 Å². The third-order valence-corrected chi connectivity index (χ3v) is 6.37. The summed E-state index contributed by atoms with van der Waals surface area (Å²) in [6.45, 7) is 0.263. The lowest BCUT2D eigenvalue weighted by Crippen LogP contribution is -1.92. The van der Waals surface area contributed by atoms with E-state index in [-0.39, 0.29) is 6.79 Å². The van der Waals surface area contributed by atoms with Gasteiger partial charge in [0.15, 0.2) is 33.0 Å². The van der Waals surface area contributed by atoms with Crippen LogP contribution in [0.15, 0.2) is 47.2 Å². The minimum absolute atomic E-state index is 0.263. The number of hydrogen-bond donors (Lipinski definition) is 0. The molecule has 1 aliphatic heterocycles. The third-order valence-electron chi connectivity index (χ3n) is 4.54. The largest absolute Gasteiger partial charge is 0.493 e. The van der Waals surface area contributed by atoms with Crippen molar-refractivity contribution in [2.45, 2.75) is 0 Å². The van der Waals surface area contributed by atoms with E-state index >= 15 is 0 Å². The number of fused-ring (bicyclic) bond motifs is 1. The normalized spacial score (nSPS) is 12.2. The Labute approximate surface area is 175 Å². The quantitative estimate of drug-likeness (QED) is 0.431. The first-order valence-electron chi connectivity index (χ1n) is 8.79. The molecule has 0 saturated carbocycles. The molecule has 1 aliphatic rings. The van der Waals surface area contributed by atoms with Crippen molar-refractivity contribution >= 4 is 22.7 Å². The van der Waals surface area contributed by atoms with Crippen LogP contribution in [0.5, 0.6) is 23.0 Å². The van der Waals surface area contributed by atoms with E-state index < -0.39 is 0 Å². The molecule has 0 radical (unpaired) electrons. The summed E-state index contributed by atoms with van der Waals surface area (Å²) in [6.07, 6.45) is 0. The van der Waals surface area contributed by atoms with Gasteiger partial charge in [-0.05, 0) is 36.4 Å². The minimum atomic E-state index is 0.263. The second kappa shape index (κ2) is 7.38. The van der Waals surface area contributed by atoms with Crippen LogP contribution in [-0.4, -0.2) is 31.0 Å². The molecule has 0 N–H and O–H groups in total. The summed E-state index contributed by atoms with van der Waals surface area (Å²) in [6, 6.07) is 11.6. The Kier molecular flexibility index (Phi) is 4.57. The number of rotatable bonds is 5. The zero-order valence-corrected chi connectivity index (χ0v) is 17.3. The molecule has 5 rings (SSSR count). The second-order valence-corrected chi connectivity index (χ2v) is 7.93. The molecule has 4 aromatic rings. The zero-order chi connectivity index (χ0) is 19.8. The van der Waals surface area contributed by atoms with E-state index in [0.717, 1.165) is 44.0 Å². The SMILES string of the molecule is COc1ccc(-c2csc(-c3nc(-c4ccc5c(c4)OCO5)cs3)n2)cc1OC. The Hall–Kier alpha value is -3.10. The summed E-state index contributed by atoms with van der Waals surface area (Å²) >= 11 is 3.14. The highest BCUT2D eigenvalue weighted by atomic mass is 32.1. The summed E-state index contributed by atoms with van der Waals surface area (Å²) in [5.41, 5.74) is 3.74. The predicted octanol–water partition coefficient (Wildman–Crippen LogP) is 5.35. The Morgan fingerprint density at radius 2 is 1.38 bits per heavy atom. The molecule has 3 heterocycles. The molecule has 2 aromatic carbocycles. The van der Waals surface area contributed by atoms with Crippen LogP contribution in [0.3, 0.4) is 0 Å². The average molecular weight is 425 g/mol. The fourth-order valence-corrected chi connectivity index (χ4v) is 4.77. The smallest absolute Gasteiger partial charge is 0.231 e. The van der Waals surface area contributed by atoms with Gasteiger partial charge in [-0.1, -0.05) is 0 Å². The lowest BCUT2D eigenvalue weighted by molar-refractivity contribution is 0.174. The van der Waals surface area contributed by atoms with E-state index in [9.17, 15) is 0 Å². The highest BCUT2D eigenvalue weighted by molar-refractivity contribution is 7.20. The number of benzene rings is 2. The molecule has 2 aromatic heterocycles. The molecule has 0 fully saturated rings. The fourth-order valence-electron chi connectivity index (χ4n) is 3.06. The average Bonchev–Trinajstić information content (AvgIpc) is 3.52. The van der Waals surface area contributed by atoms with Crippen LogP contribution in [0.1, 0.15) is 0 Å². The van der Waals surface area contributed by atoms with E-state index in [1.165, 1.54) is 0 Å². The van der Waals surface area contributed by atoms with Gasteiger partial charge in [0, 0.05) is 21.9 Å². The fraction of sp³-hybridized carbons (Fsp3) is 0.143. The predicted molar refractivity (Wildman–Crippen MR) is 113 cm³/mol. The standard InChI is InChI=1S/C21H16N2O4S2/c1-24-16-5-3-12(7-18(16)25-2)14-9-28-20(22-14)21-23-15(10-29-21)13-4-6-17-19(8-13)27-11-26-17/h3-10H,11H2,1-2H3. The first-order valence-corrected chi connectivity index (χ1v) is 10.5. The van der Waals surface area contributed by atoms with Crippen LogP contribution in [0.2, 0.25) is 0 Å². The van der Waals surface area contributed by atoms with E-state index in [1.54, 1.807) is 36.9 Å². The first kappa shape index (κ1) is 18.0. The van der Waals surface area contributed by atoms with Gasteiger partial charge in [0.25, 0.3) is 0 Å². The number of methoxy groups -OCH3 is 2. The lowest BCUT2D eigenvalue weighted by Gasteiger charge is -2.08. The molecule has 29 heavy (non-hydrogen) atoms. The van der Waals surface area contributed by atoms with Crippen LogP contribution in [0.4, 0.5) is 0 Å². The van der Waals surface area contributed by atoms with Gasteiger partial charge in [-0.15, -0.1) is 22.7 Å². The lowest BCUT2D eigenvalue weighted by atomic mass is 10.1. The van der Waals surface area contributed by atoms with Crippen molar-refractivity contribution in [3.05, 3.63) is 47.2 Å². The van der Waals surface area contributed by atoms with Crippen molar-refractivity contribution in [2.24, 2.45) is 0 Å². The number of ether oxygens (including phenoxy) is 4. The Balaban J connectivity index is 1.43. The van der Waals surface area contributed by atoms with Gasteiger partial charge in [0.2, 0.25) is 6.79 Å². The first-order chi connectivity index (χ1) is 14.2. The molecule has 0 spiro atoms. The van der Waals surface area contributed by atoms with Gasteiger partial charge < -0.3 is 18.9 Å². The molecular weight excluding hydrogens is 408 g/mol. The maximum Gasteiger partial charge on any atom is 0.231 e. The minimum Gasteiger partial charge on any atom is -0.493 e. The van der Waals surface area contributed by atoms with Crippen molar-refractivity contribution in [1.29, 1.82) is 0 Å². The molecular formula is C21H16N2O4S2. The van der Waals surface area contributed by atoms with Gasteiger partial charge in [0.1, 0.15) is 0 Å². The molecule has 0 saturated heterocycles. The Bertz CT molecular complexity index is 1190. The number of hydrogen-bond acceptors (Lipinski definition) is 8. The zero-order valence-electron chi connectivity index (χ0n) is 15.7. The summed E-state index contributed by atoms with van der Waals surface area (Å²) in [5, 5.41) is 5.82. The molecule has 0 unspecified atom stereocenters. The van der Waals surface area contributed by atoms with Gasteiger partial charge in [-0.3, -0.25) is 0 Å². The van der Waals surface area contributed by atoms with Crippen molar-refractivity contribution in [3.8, 4) is 55.5 Å². The van der Waals surface area contributed by atoms with Gasteiger partial charge in [-0.2, -0.15) is 0 Å². The number of nitrogens with zero attached hydrogens (tertiary/aromatic N) is 2. The Morgan fingerprint density at radius 1 is 0.759 bits per heavy atom. The molecule has 146 valence electrons. The van der Waals surface area contributed by atoms with Crippen LogP contribution in [-0.2, 0) is 0 Å². The summed E-state index contributed by atoms with van der Waals surface area (Å²) in [5.74, 6) is 2.89. The van der Waals surface area contributed by atoms with E-state index in [2.05, 4.69) is 0 Å². The van der Waals surface area contributed by atoms with Crippen LogP contribution in [0, 0.1) is 0 Å². The van der Waals surface area contributed by atoms with Crippen molar-refractivity contribution in [1.82, 2.24) is 9.97 Å². The highest BCUT2D eigenvalue weighted by Crippen LogP contribution is 2.39. The molecule has 0 amide bonds. The second-order valence-electron chi connectivity index (χ2n) is 6.21. The van der Waals surface area contributed by atoms with Crippen LogP contribution in [0.25, 0.3) is 32.5 Å².